The lowest BCUT2D eigenvalue weighted by molar-refractivity contribution is 0.0564. The Hall–Kier alpha value is -1.86. The van der Waals surface area contributed by atoms with Crippen molar-refractivity contribution < 1.29 is 13.9 Å². The number of carbonyl (C=O) groups excluding carboxylic acids is 1. The minimum Gasteiger partial charge on any atom is -0.463 e. The van der Waals surface area contributed by atoms with Gasteiger partial charge in [-0.25, -0.2) is 14.8 Å². The van der Waals surface area contributed by atoms with E-state index in [-0.39, 0.29) is 5.76 Å². The molecule has 1 unspecified atom stereocenters. The molecule has 0 N–H and O–H groups in total. The van der Waals surface area contributed by atoms with E-state index < -0.39 is 5.97 Å². The van der Waals surface area contributed by atoms with Gasteiger partial charge in [-0.2, -0.15) is 0 Å². The monoisotopic (exact) mass is 374 g/mol. The molecule has 0 saturated heterocycles. The van der Waals surface area contributed by atoms with Crippen LogP contribution in [0.2, 0.25) is 0 Å². The standard InChI is InChI=1S/C18H18N2O3S2/c1-10-3-4-12-13(7-10)25-17-14(12)16(19-9-20-17)24-8-11-5-6-23-15(11)18(21)22-2/h5-6,9-10H,3-4,7-8H2,1-2H3. The molecule has 1 atom stereocenters. The lowest BCUT2D eigenvalue weighted by Gasteiger charge is -2.18. The van der Waals surface area contributed by atoms with Crippen LogP contribution < -0.4 is 0 Å². The molecule has 25 heavy (non-hydrogen) atoms. The van der Waals surface area contributed by atoms with Gasteiger partial charge in [-0.15, -0.1) is 23.1 Å². The average Bonchev–Trinajstić information content (AvgIpc) is 3.22. The molecule has 7 heteroatoms. The first-order chi connectivity index (χ1) is 12.2. The van der Waals surface area contributed by atoms with Crippen molar-refractivity contribution in [1.29, 1.82) is 0 Å². The third kappa shape index (κ3) is 3.06. The van der Waals surface area contributed by atoms with Crippen molar-refractivity contribution in [3.63, 3.8) is 0 Å². The van der Waals surface area contributed by atoms with Gasteiger partial charge in [0.05, 0.1) is 13.4 Å². The molecular formula is C18H18N2O3S2. The molecule has 0 radical (unpaired) electrons. The maximum atomic E-state index is 11.8. The number of carbonyl (C=O) groups is 1. The van der Waals surface area contributed by atoms with Gasteiger partial charge in [0.15, 0.2) is 0 Å². The molecule has 0 aromatic carbocycles. The molecule has 0 bridgehead atoms. The Bertz CT molecular complexity index is 932. The summed E-state index contributed by atoms with van der Waals surface area (Å²) in [6.45, 7) is 2.31. The number of methoxy groups -OCH3 is 1. The third-order valence-corrected chi connectivity index (χ3v) is 6.74. The number of furan rings is 1. The van der Waals surface area contributed by atoms with Crippen LogP contribution in [0.4, 0.5) is 0 Å². The zero-order valence-corrected chi connectivity index (χ0v) is 15.7. The summed E-state index contributed by atoms with van der Waals surface area (Å²) in [6.07, 6.45) is 6.59. The number of fused-ring (bicyclic) bond motifs is 3. The van der Waals surface area contributed by atoms with Gasteiger partial charge in [-0.3, -0.25) is 0 Å². The van der Waals surface area contributed by atoms with E-state index in [0.717, 1.165) is 34.2 Å². The smallest absolute Gasteiger partial charge is 0.374 e. The van der Waals surface area contributed by atoms with Gasteiger partial charge in [0, 0.05) is 21.6 Å². The largest absolute Gasteiger partial charge is 0.463 e. The fourth-order valence-corrected chi connectivity index (χ4v) is 5.64. The van der Waals surface area contributed by atoms with E-state index in [1.807, 2.05) is 6.07 Å². The number of aromatic nitrogens is 2. The third-order valence-electron chi connectivity index (χ3n) is 4.54. The molecule has 0 aliphatic heterocycles. The highest BCUT2D eigenvalue weighted by atomic mass is 32.2. The first kappa shape index (κ1) is 16.6. The Morgan fingerprint density at radius 2 is 2.36 bits per heavy atom. The van der Waals surface area contributed by atoms with Gasteiger partial charge in [0.25, 0.3) is 0 Å². The first-order valence-corrected chi connectivity index (χ1v) is 10.00. The molecule has 1 aliphatic carbocycles. The zero-order chi connectivity index (χ0) is 17.4. The van der Waals surface area contributed by atoms with Crippen LogP contribution in [-0.2, 0) is 23.3 Å². The highest BCUT2D eigenvalue weighted by Crippen LogP contribution is 2.41. The van der Waals surface area contributed by atoms with Gasteiger partial charge in [-0.1, -0.05) is 6.92 Å². The van der Waals surface area contributed by atoms with Gasteiger partial charge < -0.3 is 9.15 Å². The van der Waals surface area contributed by atoms with Crippen LogP contribution in [0.25, 0.3) is 10.2 Å². The number of aryl methyl sites for hydroxylation is 1. The van der Waals surface area contributed by atoms with Crippen LogP contribution in [0.3, 0.4) is 0 Å². The predicted octanol–water partition coefficient (Wildman–Crippen LogP) is 4.49. The summed E-state index contributed by atoms with van der Waals surface area (Å²) < 4.78 is 10.0. The van der Waals surface area contributed by atoms with E-state index in [0.29, 0.717) is 5.75 Å². The molecule has 0 amide bonds. The van der Waals surface area contributed by atoms with Gasteiger partial charge in [-0.05, 0) is 36.8 Å². The predicted molar refractivity (Wildman–Crippen MR) is 98.2 cm³/mol. The van der Waals surface area contributed by atoms with Crippen molar-refractivity contribution in [1.82, 2.24) is 9.97 Å². The average molecular weight is 374 g/mol. The summed E-state index contributed by atoms with van der Waals surface area (Å²) in [5, 5.41) is 2.18. The lowest BCUT2D eigenvalue weighted by atomic mass is 9.89. The fourth-order valence-electron chi connectivity index (χ4n) is 3.22. The number of hydrogen-bond donors (Lipinski definition) is 0. The number of nitrogens with zero attached hydrogens (tertiary/aromatic N) is 2. The van der Waals surface area contributed by atoms with E-state index in [2.05, 4.69) is 16.9 Å². The minimum absolute atomic E-state index is 0.265. The van der Waals surface area contributed by atoms with Crippen LogP contribution in [0.5, 0.6) is 0 Å². The van der Waals surface area contributed by atoms with Gasteiger partial charge in [0.2, 0.25) is 5.76 Å². The summed E-state index contributed by atoms with van der Waals surface area (Å²) in [6, 6.07) is 1.81. The van der Waals surface area contributed by atoms with Crippen molar-refractivity contribution in [2.75, 3.05) is 7.11 Å². The number of rotatable bonds is 4. The van der Waals surface area contributed by atoms with E-state index in [9.17, 15) is 4.79 Å². The zero-order valence-electron chi connectivity index (χ0n) is 14.1. The Morgan fingerprint density at radius 3 is 3.20 bits per heavy atom. The van der Waals surface area contributed by atoms with Crippen molar-refractivity contribution >= 4 is 39.3 Å². The van der Waals surface area contributed by atoms with E-state index in [4.69, 9.17) is 9.15 Å². The summed E-state index contributed by atoms with van der Waals surface area (Å²) >= 11 is 3.41. The minimum atomic E-state index is -0.449. The van der Waals surface area contributed by atoms with Crippen molar-refractivity contribution in [2.45, 2.75) is 37.0 Å². The number of thioether (sulfide) groups is 1. The molecule has 1 aliphatic rings. The normalized spacial score (nSPS) is 16.8. The van der Waals surface area contributed by atoms with Crippen molar-refractivity contribution in [2.24, 2.45) is 5.92 Å². The van der Waals surface area contributed by atoms with E-state index in [1.54, 1.807) is 29.4 Å². The van der Waals surface area contributed by atoms with Crippen molar-refractivity contribution in [3.05, 3.63) is 40.4 Å². The maximum Gasteiger partial charge on any atom is 0.374 e. The molecule has 130 valence electrons. The highest BCUT2D eigenvalue weighted by molar-refractivity contribution is 7.98. The second-order valence-corrected chi connectivity index (χ2v) is 8.31. The summed E-state index contributed by atoms with van der Waals surface area (Å²) in [4.78, 5) is 23.3. The molecule has 4 rings (SSSR count). The van der Waals surface area contributed by atoms with Crippen LogP contribution in [0.15, 0.2) is 28.1 Å². The number of hydrogen-bond acceptors (Lipinski definition) is 7. The molecule has 0 fully saturated rings. The highest BCUT2D eigenvalue weighted by Gasteiger charge is 2.23. The summed E-state index contributed by atoms with van der Waals surface area (Å²) in [5.74, 6) is 1.16. The number of thiophene rings is 1. The van der Waals surface area contributed by atoms with Gasteiger partial charge in [0.1, 0.15) is 16.2 Å². The number of esters is 1. The van der Waals surface area contributed by atoms with Crippen LogP contribution in [-0.4, -0.2) is 23.0 Å². The second kappa shape index (κ2) is 6.80. The second-order valence-electron chi connectivity index (χ2n) is 6.27. The topological polar surface area (TPSA) is 65.2 Å². The lowest BCUT2D eigenvalue weighted by Crippen LogP contribution is -2.08. The number of ether oxygens (including phenoxy) is 1. The molecule has 3 heterocycles. The maximum absolute atomic E-state index is 11.8. The molecule has 0 saturated carbocycles. The van der Waals surface area contributed by atoms with Crippen LogP contribution in [0.1, 0.15) is 39.9 Å². The molecule has 5 nitrogen and oxygen atoms in total. The quantitative estimate of drug-likeness (QED) is 0.381. The Balaban J connectivity index is 1.64. The van der Waals surface area contributed by atoms with Gasteiger partial charge >= 0.3 is 5.97 Å². The molecular weight excluding hydrogens is 356 g/mol. The summed E-state index contributed by atoms with van der Waals surface area (Å²) in [7, 11) is 1.36. The Kier molecular flexibility index (Phi) is 4.52. The summed E-state index contributed by atoms with van der Waals surface area (Å²) in [5.41, 5.74) is 2.24. The fraction of sp³-hybridized carbons (Fsp3) is 0.389. The SMILES string of the molecule is COC(=O)c1occc1CSc1ncnc2sc3c(c12)CCC(C)C3. The van der Waals surface area contributed by atoms with Crippen LogP contribution >= 0.6 is 23.1 Å². The molecule has 0 spiro atoms. The first-order valence-electron chi connectivity index (χ1n) is 8.20. The molecule has 3 aromatic heterocycles. The van der Waals surface area contributed by atoms with E-state index >= 15 is 0 Å². The molecule has 3 aromatic rings. The Morgan fingerprint density at radius 1 is 1.48 bits per heavy atom. The van der Waals surface area contributed by atoms with Crippen molar-refractivity contribution in [3.8, 4) is 0 Å². The Labute approximate surface area is 153 Å². The van der Waals surface area contributed by atoms with E-state index in [1.165, 1.54) is 35.6 Å². The van der Waals surface area contributed by atoms with Crippen LogP contribution in [0, 0.1) is 5.92 Å².